The number of aliphatic imine (C=N–C) groups is 1. The number of aliphatic hydroxyl groups excluding tert-OH is 1. The minimum atomic E-state index is -1.02. The molecule has 0 radical (unpaired) electrons. The fourth-order valence-corrected chi connectivity index (χ4v) is 3.75. The highest BCUT2D eigenvalue weighted by Crippen LogP contribution is 2.26. The predicted octanol–water partition coefficient (Wildman–Crippen LogP) is 8.16. The number of aldehydes is 1. The van der Waals surface area contributed by atoms with Gasteiger partial charge in [0.05, 0.1) is 12.1 Å². The Morgan fingerprint density at radius 1 is 1.11 bits per heavy atom. The third-order valence-corrected chi connectivity index (χ3v) is 6.02. The topological polar surface area (TPSA) is 90.7 Å². The number of allylic oxidation sites excluding steroid dienone is 6. The molecule has 2 N–H and O–H groups in total. The molecular formula is C35H57F2N5O2. The molecule has 0 amide bonds. The normalized spacial score (nSPS) is 15.5. The monoisotopic (exact) mass is 617 g/mol. The largest absolute Gasteiger partial charge is 0.397 e. The summed E-state index contributed by atoms with van der Waals surface area (Å²) in [6.07, 6.45) is 18.1. The van der Waals surface area contributed by atoms with Gasteiger partial charge in [0.2, 0.25) is 5.95 Å². The van der Waals surface area contributed by atoms with Crippen LogP contribution in [0.15, 0.2) is 70.8 Å². The molecule has 2 aliphatic rings. The number of hydrogen-bond donors (Lipinski definition) is 2. The number of rotatable bonds is 8. The lowest BCUT2D eigenvalue weighted by atomic mass is 10.1. The second-order valence-electron chi connectivity index (χ2n) is 9.10. The van der Waals surface area contributed by atoms with Crippen LogP contribution in [-0.2, 0) is 4.79 Å². The van der Waals surface area contributed by atoms with Gasteiger partial charge in [-0.05, 0) is 83.6 Å². The lowest BCUT2D eigenvalue weighted by Gasteiger charge is -2.26. The Morgan fingerprint density at radius 2 is 1.68 bits per heavy atom. The summed E-state index contributed by atoms with van der Waals surface area (Å²) in [6, 6.07) is 0. The molecule has 9 heteroatoms. The molecule has 1 unspecified atom stereocenters. The van der Waals surface area contributed by atoms with Crippen LogP contribution in [0, 0.1) is 0 Å². The van der Waals surface area contributed by atoms with Crippen LogP contribution >= 0.6 is 0 Å². The summed E-state index contributed by atoms with van der Waals surface area (Å²) >= 11 is 0. The molecule has 0 aromatic carbocycles. The zero-order valence-corrected chi connectivity index (χ0v) is 28.5. The Balaban J connectivity index is 0. The summed E-state index contributed by atoms with van der Waals surface area (Å²) in [6.45, 7) is 19.3. The Kier molecular flexibility index (Phi) is 27.5. The number of nitrogens with one attached hydrogen (secondary N) is 1. The van der Waals surface area contributed by atoms with Crippen molar-refractivity contribution in [1.29, 1.82) is 0 Å². The average molecular weight is 618 g/mol. The number of carbonyl (C=O) groups excluding carboxylic acids is 1. The second-order valence-corrected chi connectivity index (χ2v) is 9.10. The quantitative estimate of drug-likeness (QED) is 0.132. The third-order valence-electron chi connectivity index (χ3n) is 6.02. The van der Waals surface area contributed by atoms with Crippen LogP contribution in [0.4, 0.5) is 14.7 Å². The molecule has 1 aromatic rings. The Morgan fingerprint density at radius 3 is 2.20 bits per heavy atom. The average Bonchev–Trinajstić information content (AvgIpc) is 3.25. The van der Waals surface area contributed by atoms with Crippen molar-refractivity contribution >= 4 is 23.6 Å². The van der Waals surface area contributed by atoms with Crippen LogP contribution < -0.4 is 10.2 Å². The van der Waals surface area contributed by atoms with Gasteiger partial charge >= 0.3 is 0 Å². The van der Waals surface area contributed by atoms with E-state index in [1.807, 2.05) is 65.2 Å². The van der Waals surface area contributed by atoms with E-state index in [2.05, 4.69) is 25.2 Å². The molecule has 1 aliphatic heterocycles. The number of amidine groups is 1. The number of aliphatic hydroxyl groups is 1. The number of alkyl halides is 1. The van der Waals surface area contributed by atoms with Crippen molar-refractivity contribution in [3.05, 3.63) is 71.4 Å². The Labute approximate surface area is 265 Å². The fourth-order valence-electron chi connectivity index (χ4n) is 3.75. The van der Waals surface area contributed by atoms with Gasteiger partial charge in [-0.15, -0.1) is 0 Å². The van der Waals surface area contributed by atoms with E-state index >= 15 is 4.39 Å². The van der Waals surface area contributed by atoms with E-state index in [9.17, 15) is 4.39 Å². The first-order chi connectivity index (χ1) is 21.3. The Hall–Kier alpha value is -3.46. The van der Waals surface area contributed by atoms with Crippen LogP contribution in [-0.4, -0.2) is 66.2 Å². The summed E-state index contributed by atoms with van der Waals surface area (Å²) in [5, 5.41) is 10.7. The van der Waals surface area contributed by atoms with Gasteiger partial charge in [-0.3, -0.25) is 4.99 Å². The summed E-state index contributed by atoms with van der Waals surface area (Å²) in [5.74, 6) is 0.851. The SMILES string of the molecule is C/C=C\CN=C(NC/C=C(\C)C(C)F)C1=CC=C(c2cnc(N3CCCCC3)nc2)CC=C1F.CC.CC.CC=O.CCO. The number of halogens is 2. The van der Waals surface area contributed by atoms with Gasteiger partial charge in [-0.2, -0.15) is 0 Å². The molecule has 0 spiro atoms. The van der Waals surface area contributed by atoms with Crippen LogP contribution in [0.5, 0.6) is 0 Å². The first-order valence-electron chi connectivity index (χ1n) is 15.9. The van der Waals surface area contributed by atoms with Gasteiger partial charge < -0.3 is 20.1 Å². The number of anilines is 1. The molecule has 1 saturated heterocycles. The van der Waals surface area contributed by atoms with Gasteiger partial charge in [0.15, 0.2) is 0 Å². The van der Waals surface area contributed by atoms with Crippen LogP contribution in [0.25, 0.3) is 5.57 Å². The van der Waals surface area contributed by atoms with E-state index in [-0.39, 0.29) is 12.4 Å². The van der Waals surface area contributed by atoms with Crippen LogP contribution in [0.3, 0.4) is 0 Å². The van der Waals surface area contributed by atoms with Crippen LogP contribution in [0.1, 0.15) is 93.6 Å². The molecule has 1 atom stereocenters. The van der Waals surface area contributed by atoms with E-state index in [0.29, 0.717) is 36.5 Å². The predicted molar refractivity (Wildman–Crippen MR) is 185 cm³/mol. The maximum Gasteiger partial charge on any atom is 0.225 e. The maximum absolute atomic E-state index is 15.1. The molecule has 0 saturated carbocycles. The fraction of sp³-hybridized carbons (Fsp3) is 0.543. The van der Waals surface area contributed by atoms with E-state index in [1.54, 1.807) is 32.1 Å². The zero-order chi connectivity index (χ0) is 33.8. The summed E-state index contributed by atoms with van der Waals surface area (Å²) in [5.41, 5.74) is 2.81. The van der Waals surface area contributed by atoms with Crippen molar-refractivity contribution in [3.63, 3.8) is 0 Å². The smallest absolute Gasteiger partial charge is 0.225 e. The Bertz CT molecular complexity index is 1070. The molecular weight excluding hydrogens is 560 g/mol. The minimum Gasteiger partial charge on any atom is -0.397 e. The van der Waals surface area contributed by atoms with Crippen molar-refractivity contribution in [2.75, 3.05) is 37.7 Å². The standard InChI is InChI=1S/C27H35F2N5.C2H6O.C2H4O.2C2H6/c1-4-5-14-30-26(31-15-13-20(2)21(3)28)24-11-9-22(10-12-25(24)29)23-18-32-27(33-19-23)34-16-7-6-8-17-34;2*1-2-3;2*1-2/h4-5,9,11-13,18-19,21H,6-8,10,14-17H2,1-3H3,(H,30,31);3H,2H2,1H3;2H,1H3;2*1-2H3/b5-4-,20-13+;;;;. The molecule has 2 heterocycles. The van der Waals surface area contributed by atoms with E-state index in [0.717, 1.165) is 36.5 Å². The molecule has 0 bridgehead atoms. The van der Waals surface area contributed by atoms with Gasteiger partial charge in [-0.25, -0.2) is 18.7 Å². The zero-order valence-electron chi connectivity index (χ0n) is 28.5. The number of aromatic nitrogens is 2. The summed E-state index contributed by atoms with van der Waals surface area (Å²) in [7, 11) is 0. The molecule has 1 fully saturated rings. The van der Waals surface area contributed by atoms with Gasteiger partial charge in [0, 0.05) is 44.2 Å². The van der Waals surface area contributed by atoms with Crippen molar-refractivity contribution in [1.82, 2.24) is 15.3 Å². The number of carbonyl (C=O) groups is 1. The highest BCUT2D eigenvalue weighted by atomic mass is 19.1. The highest BCUT2D eigenvalue weighted by Gasteiger charge is 2.17. The molecule has 44 heavy (non-hydrogen) atoms. The maximum atomic E-state index is 15.1. The van der Waals surface area contributed by atoms with Crippen molar-refractivity contribution < 1.29 is 18.7 Å². The van der Waals surface area contributed by atoms with Gasteiger partial charge in [-0.1, -0.05) is 52.0 Å². The third kappa shape index (κ3) is 17.6. The lowest BCUT2D eigenvalue weighted by Crippen LogP contribution is -2.30. The first kappa shape index (κ1) is 42.7. The van der Waals surface area contributed by atoms with Gasteiger partial charge in [0.1, 0.15) is 24.1 Å². The number of hydrogen-bond acceptors (Lipinski definition) is 6. The number of piperidine rings is 1. The molecule has 7 nitrogen and oxygen atoms in total. The first-order valence-corrected chi connectivity index (χ1v) is 15.9. The lowest BCUT2D eigenvalue weighted by molar-refractivity contribution is -0.106. The highest BCUT2D eigenvalue weighted by molar-refractivity contribution is 6.02. The second kappa shape index (κ2) is 28.3. The van der Waals surface area contributed by atoms with Gasteiger partial charge in [0.25, 0.3) is 0 Å². The summed E-state index contributed by atoms with van der Waals surface area (Å²) in [4.78, 5) is 24.7. The van der Waals surface area contributed by atoms with E-state index in [4.69, 9.17) is 9.90 Å². The van der Waals surface area contributed by atoms with Crippen molar-refractivity contribution in [3.8, 4) is 0 Å². The molecule has 1 aromatic heterocycles. The van der Waals surface area contributed by atoms with Crippen LogP contribution in [0.2, 0.25) is 0 Å². The van der Waals surface area contributed by atoms with E-state index < -0.39 is 6.17 Å². The molecule has 248 valence electrons. The summed E-state index contributed by atoms with van der Waals surface area (Å²) < 4.78 is 28.5. The van der Waals surface area contributed by atoms with Crippen molar-refractivity contribution in [2.45, 2.75) is 94.2 Å². The molecule has 1 aliphatic carbocycles. The van der Waals surface area contributed by atoms with E-state index in [1.165, 1.54) is 33.1 Å². The molecule has 3 rings (SSSR count). The van der Waals surface area contributed by atoms with Crippen molar-refractivity contribution in [2.24, 2.45) is 4.99 Å². The minimum absolute atomic E-state index is 0.250. The number of nitrogens with zero attached hydrogens (tertiary/aromatic N) is 4.